The number of rotatable bonds is 5. The molecule has 1 aliphatic rings. The van der Waals surface area contributed by atoms with Crippen LogP contribution in [-0.2, 0) is 17.9 Å². The van der Waals surface area contributed by atoms with Gasteiger partial charge in [-0.1, -0.05) is 0 Å². The number of hydrogen-bond acceptors (Lipinski definition) is 3. The molecule has 1 aromatic heterocycles. The van der Waals surface area contributed by atoms with Crippen molar-refractivity contribution in [3.05, 3.63) is 15.9 Å². The van der Waals surface area contributed by atoms with Crippen molar-refractivity contribution in [3.63, 3.8) is 0 Å². The summed E-state index contributed by atoms with van der Waals surface area (Å²) < 4.78 is 3.12. The topological polar surface area (TPSA) is 72.9 Å². The standard InChI is InChI=1S/C14H23BrN4O/c1-3-19-12(13(15)9(2)18-19)8-17-11-6-4-10(5-7-11)14(16)20/h10-11,17H,3-8H2,1-2H3,(H2,16,20). The van der Waals surface area contributed by atoms with E-state index < -0.39 is 0 Å². The predicted octanol–water partition coefficient (Wildman–Crippen LogP) is 2.11. The molecule has 0 saturated heterocycles. The molecule has 2 rings (SSSR count). The molecule has 1 aromatic rings. The highest BCUT2D eigenvalue weighted by molar-refractivity contribution is 9.10. The van der Waals surface area contributed by atoms with Crippen LogP contribution in [0.1, 0.15) is 44.0 Å². The number of primary amides is 1. The fraction of sp³-hybridized carbons (Fsp3) is 0.714. The first-order valence-corrected chi connectivity index (χ1v) is 8.06. The number of aryl methyl sites for hydroxylation is 2. The Hall–Kier alpha value is -0.880. The number of nitrogens with two attached hydrogens (primary N) is 1. The molecule has 0 unspecified atom stereocenters. The summed E-state index contributed by atoms with van der Waals surface area (Å²) >= 11 is 3.61. The van der Waals surface area contributed by atoms with Gasteiger partial charge in [0.1, 0.15) is 0 Å². The lowest BCUT2D eigenvalue weighted by Gasteiger charge is -2.27. The Balaban J connectivity index is 1.89. The zero-order chi connectivity index (χ0) is 14.7. The van der Waals surface area contributed by atoms with Crippen LogP contribution in [0.3, 0.4) is 0 Å². The van der Waals surface area contributed by atoms with E-state index in [-0.39, 0.29) is 11.8 Å². The maximum atomic E-state index is 11.2. The van der Waals surface area contributed by atoms with Crippen molar-refractivity contribution in [2.24, 2.45) is 11.7 Å². The van der Waals surface area contributed by atoms with Gasteiger partial charge < -0.3 is 11.1 Å². The molecule has 0 bridgehead atoms. The molecule has 0 spiro atoms. The SMILES string of the molecule is CCn1nc(C)c(Br)c1CNC1CCC(C(N)=O)CC1. The maximum Gasteiger partial charge on any atom is 0.220 e. The van der Waals surface area contributed by atoms with Crippen LogP contribution in [0.2, 0.25) is 0 Å². The lowest BCUT2D eigenvalue weighted by atomic mass is 9.85. The average Bonchev–Trinajstić information content (AvgIpc) is 2.72. The summed E-state index contributed by atoms with van der Waals surface area (Å²) in [6, 6.07) is 0.470. The van der Waals surface area contributed by atoms with E-state index in [0.29, 0.717) is 6.04 Å². The van der Waals surface area contributed by atoms with Crippen molar-refractivity contribution in [1.82, 2.24) is 15.1 Å². The largest absolute Gasteiger partial charge is 0.369 e. The molecular formula is C14H23BrN4O. The summed E-state index contributed by atoms with van der Waals surface area (Å²) in [6.45, 7) is 5.79. The Kier molecular flexibility index (Phi) is 5.21. The lowest BCUT2D eigenvalue weighted by molar-refractivity contribution is -0.122. The van der Waals surface area contributed by atoms with Gasteiger partial charge >= 0.3 is 0 Å². The third-order valence-corrected chi connectivity index (χ3v) is 5.17. The van der Waals surface area contributed by atoms with Gasteiger partial charge in [0.25, 0.3) is 0 Å². The summed E-state index contributed by atoms with van der Waals surface area (Å²) in [5, 5.41) is 8.08. The molecule has 5 nitrogen and oxygen atoms in total. The Morgan fingerprint density at radius 3 is 2.65 bits per heavy atom. The van der Waals surface area contributed by atoms with Crippen LogP contribution in [0.5, 0.6) is 0 Å². The summed E-state index contributed by atoms with van der Waals surface area (Å²) in [5.74, 6) is -0.0749. The number of halogens is 1. The van der Waals surface area contributed by atoms with Gasteiger partial charge in [-0.3, -0.25) is 9.48 Å². The van der Waals surface area contributed by atoms with Crippen LogP contribution >= 0.6 is 15.9 Å². The van der Waals surface area contributed by atoms with Crippen molar-refractivity contribution in [2.45, 2.75) is 58.7 Å². The van der Waals surface area contributed by atoms with E-state index in [1.54, 1.807) is 0 Å². The quantitative estimate of drug-likeness (QED) is 0.860. The minimum Gasteiger partial charge on any atom is -0.369 e. The smallest absolute Gasteiger partial charge is 0.220 e. The monoisotopic (exact) mass is 342 g/mol. The molecule has 6 heteroatoms. The summed E-state index contributed by atoms with van der Waals surface area (Å²) in [5.41, 5.74) is 7.59. The van der Waals surface area contributed by atoms with Gasteiger partial charge in [0.2, 0.25) is 5.91 Å². The Bertz CT molecular complexity index is 478. The van der Waals surface area contributed by atoms with Crippen LogP contribution in [0.25, 0.3) is 0 Å². The van der Waals surface area contributed by atoms with Gasteiger partial charge in [0.05, 0.1) is 15.9 Å². The van der Waals surface area contributed by atoms with Crippen LogP contribution in [0.4, 0.5) is 0 Å². The second-order valence-electron chi connectivity index (χ2n) is 5.49. The normalized spacial score (nSPS) is 22.9. The van der Waals surface area contributed by atoms with Gasteiger partial charge in [0.15, 0.2) is 0 Å². The summed E-state index contributed by atoms with van der Waals surface area (Å²) in [7, 11) is 0. The molecular weight excluding hydrogens is 320 g/mol. The van der Waals surface area contributed by atoms with Crippen LogP contribution in [0, 0.1) is 12.8 Å². The Labute approximate surface area is 128 Å². The number of hydrogen-bond donors (Lipinski definition) is 2. The molecule has 3 N–H and O–H groups in total. The molecule has 0 aliphatic heterocycles. The Morgan fingerprint density at radius 1 is 1.45 bits per heavy atom. The molecule has 20 heavy (non-hydrogen) atoms. The van der Waals surface area contributed by atoms with E-state index in [9.17, 15) is 4.79 Å². The minimum atomic E-state index is -0.147. The molecule has 0 radical (unpaired) electrons. The van der Waals surface area contributed by atoms with Crippen molar-refractivity contribution in [3.8, 4) is 0 Å². The van der Waals surface area contributed by atoms with Crippen LogP contribution in [0.15, 0.2) is 4.47 Å². The van der Waals surface area contributed by atoms with E-state index in [0.717, 1.165) is 48.9 Å². The zero-order valence-electron chi connectivity index (χ0n) is 12.2. The van der Waals surface area contributed by atoms with E-state index in [1.165, 1.54) is 5.69 Å². The molecule has 1 heterocycles. The molecule has 0 aromatic carbocycles. The van der Waals surface area contributed by atoms with Gasteiger partial charge in [-0.25, -0.2) is 0 Å². The first kappa shape index (κ1) is 15.5. The maximum absolute atomic E-state index is 11.2. The molecule has 1 amide bonds. The molecule has 0 atom stereocenters. The van der Waals surface area contributed by atoms with Gasteiger partial charge in [-0.15, -0.1) is 0 Å². The van der Waals surface area contributed by atoms with E-state index in [4.69, 9.17) is 5.73 Å². The highest BCUT2D eigenvalue weighted by Crippen LogP contribution is 2.25. The summed E-state index contributed by atoms with van der Waals surface area (Å²) in [4.78, 5) is 11.2. The fourth-order valence-electron chi connectivity index (χ4n) is 2.86. The van der Waals surface area contributed by atoms with Crippen molar-refractivity contribution < 1.29 is 4.79 Å². The molecule has 1 fully saturated rings. The third kappa shape index (κ3) is 3.41. The number of carbonyl (C=O) groups is 1. The highest BCUT2D eigenvalue weighted by Gasteiger charge is 2.24. The van der Waals surface area contributed by atoms with Crippen molar-refractivity contribution >= 4 is 21.8 Å². The van der Waals surface area contributed by atoms with Crippen molar-refractivity contribution in [2.75, 3.05) is 0 Å². The molecule has 1 saturated carbocycles. The number of aromatic nitrogens is 2. The second kappa shape index (κ2) is 6.72. The van der Waals surface area contributed by atoms with E-state index in [1.807, 2.05) is 11.6 Å². The zero-order valence-corrected chi connectivity index (χ0v) is 13.7. The number of nitrogens with zero attached hydrogens (tertiary/aromatic N) is 2. The van der Waals surface area contributed by atoms with Gasteiger partial charge in [-0.05, 0) is 55.5 Å². The lowest BCUT2D eigenvalue weighted by Crippen LogP contribution is -2.36. The van der Waals surface area contributed by atoms with Crippen molar-refractivity contribution in [1.29, 1.82) is 0 Å². The minimum absolute atomic E-state index is 0.0724. The fourth-order valence-corrected chi connectivity index (χ4v) is 3.29. The first-order chi connectivity index (χ1) is 9.52. The number of amides is 1. The molecule has 1 aliphatic carbocycles. The second-order valence-corrected chi connectivity index (χ2v) is 6.29. The van der Waals surface area contributed by atoms with E-state index >= 15 is 0 Å². The third-order valence-electron chi connectivity index (χ3n) is 4.14. The predicted molar refractivity (Wildman–Crippen MR) is 82.1 cm³/mol. The Morgan fingerprint density at radius 2 is 2.10 bits per heavy atom. The van der Waals surface area contributed by atoms with Gasteiger partial charge in [-0.2, -0.15) is 5.10 Å². The highest BCUT2D eigenvalue weighted by atomic mass is 79.9. The van der Waals surface area contributed by atoms with Gasteiger partial charge in [0, 0.05) is 25.0 Å². The summed E-state index contributed by atoms with van der Waals surface area (Å²) in [6.07, 6.45) is 3.84. The van der Waals surface area contributed by atoms with Crippen LogP contribution < -0.4 is 11.1 Å². The van der Waals surface area contributed by atoms with Crippen LogP contribution in [-0.4, -0.2) is 21.7 Å². The average molecular weight is 343 g/mol. The first-order valence-electron chi connectivity index (χ1n) is 7.27. The molecule has 112 valence electrons. The van der Waals surface area contributed by atoms with E-state index in [2.05, 4.69) is 33.3 Å². The number of carbonyl (C=O) groups excluding carboxylic acids is 1. The number of nitrogens with one attached hydrogen (secondary N) is 1.